The fourth-order valence-electron chi connectivity index (χ4n) is 1.49. The summed E-state index contributed by atoms with van der Waals surface area (Å²) >= 11 is 6.47. The van der Waals surface area contributed by atoms with Crippen molar-refractivity contribution in [3.8, 4) is 0 Å². The molecule has 9 heteroatoms. The van der Waals surface area contributed by atoms with E-state index in [-0.39, 0.29) is 21.2 Å². The highest BCUT2D eigenvalue weighted by atomic mass is 35.5. The van der Waals surface area contributed by atoms with E-state index >= 15 is 0 Å². The maximum atomic E-state index is 12.1. The van der Waals surface area contributed by atoms with E-state index in [1.807, 2.05) is 0 Å². The molecule has 0 aliphatic carbocycles. The highest BCUT2D eigenvalue weighted by molar-refractivity contribution is 7.93. The largest absolute Gasteiger partial charge is 0.478 e. The Balaban J connectivity index is 2.38. The summed E-state index contributed by atoms with van der Waals surface area (Å²) in [5.74, 6) is -1.23. The van der Waals surface area contributed by atoms with Gasteiger partial charge in [0.15, 0.2) is 0 Å². The zero-order chi connectivity index (χ0) is 14.9. The molecule has 0 saturated carbocycles. The fraction of sp³-hybridized carbons (Fsp3) is 0.0909. The Labute approximate surface area is 124 Å². The minimum absolute atomic E-state index is 0.00991. The van der Waals surface area contributed by atoms with E-state index in [1.165, 1.54) is 31.2 Å². The molecule has 2 rings (SSSR count). The smallest absolute Gasteiger partial charge is 0.340 e. The van der Waals surface area contributed by atoms with Crippen molar-refractivity contribution in [2.75, 3.05) is 4.72 Å². The number of anilines is 1. The van der Waals surface area contributed by atoms with Crippen LogP contribution in [0.5, 0.6) is 0 Å². The molecule has 6 nitrogen and oxygen atoms in total. The molecule has 20 heavy (non-hydrogen) atoms. The number of carboxylic acids is 1. The topological polar surface area (TPSA) is 96.4 Å². The molecule has 2 N–H and O–H groups in total. The van der Waals surface area contributed by atoms with Crippen LogP contribution < -0.4 is 4.72 Å². The zero-order valence-corrected chi connectivity index (χ0v) is 12.5. The molecule has 0 amide bonds. The summed E-state index contributed by atoms with van der Waals surface area (Å²) in [7, 11) is -3.87. The normalized spacial score (nSPS) is 11.3. The second-order valence-corrected chi connectivity index (χ2v) is 6.73. The number of carbonyl (C=O) groups is 1. The van der Waals surface area contributed by atoms with Gasteiger partial charge in [-0.15, -0.1) is 0 Å². The van der Waals surface area contributed by atoms with Gasteiger partial charge in [0.05, 0.1) is 10.6 Å². The Kier molecular flexibility index (Phi) is 3.98. The lowest BCUT2D eigenvalue weighted by Crippen LogP contribution is -2.14. The highest BCUT2D eigenvalue weighted by Gasteiger charge is 2.22. The first-order valence-corrected chi connectivity index (χ1v) is 7.92. The van der Waals surface area contributed by atoms with E-state index in [4.69, 9.17) is 16.7 Å². The van der Waals surface area contributed by atoms with Crippen LogP contribution in [-0.4, -0.2) is 23.9 Å². The molecule has 0 radical (unpaired) electrons. The van der Waals surface area contributed by atoms with Crippen LogP contribution in [0.3, 0.4) is 0 Å². The third-order valence-electron chi connectivity index (χ3n) is 2.43. The monoisotopic (exact) mass is 332 g/mol. The van der Waals surface area contributed by atoms with Crippen LogP contribution in [0.1, 0.15) is 16.1 Å². The second kappa shape index (κ2) is 5.39. The average Bonchev–Trinajstić information content (AvgIpc) is 2.70. The molecule has 0 saturated heterocycles. The molecule has 0 aliphatic rings. The molecule has 0 atom stereocenters. The van der Waals surface area contributed by atoms with E-state index in [2.05, 4.69) is 9.10 Å². The van der Waals surface area contributed by atoms with E-state index in [9.17, 15) is 13.2 Å². The van der Waals surface area contributed by atoms with E-state index in [0.29, 0.717) is 5.02 Å². The average molecular weight is 333 g/mol. The summed E-state index contributed by atoms with van der Waals surface area (Å²) in [5.41, 5.74) is 0.115. The SMILES string of the molecule is Cc1nsc(NS(=O)(=O)c2ccc(Cl)cc2)c1C(=O)O. The first-order chi connectivity index (χ1) is 9.31. The first-order valence-electron chi connectivity index (χ1n) is 5.29. The summed E-state index contributed by atoms with van der Waals surface area (Å²) in [4.78, 5) is 11.1. The number of aryl methyl sites for hydroxylation is 1. The van der Waals surface area contributed by atoms with Gasteiger partial charge in [-0.05, 0) is 42.7 Å². The number of rotatable bonds is 4. The van der Waals surface area contributed by atoms with Crippen molar-refractivity contribution in [1.82, 2.24) is 4.37 Å². The molecule has 0 spiro atoms. The van der Waals surface area contributed by atoms with Gasteiger partial charge in [-0.25, -0.2) is 13.2 Å². The van der Waals surface area contributed by atoms with E-state index < -0.39 is 16.0 Å². The van der Waals surface area contributed by atoms with Crippen molar-refractivity contribution in [2.24, 2.45) is 0 Å². The Morgan fingerprint density at radius 3 is 2.50 bits per heavy atom. The first kappa shape index (κ1) is 14.8. The van der Waals surface area contributed by atoms with Crippen LogP contribution in [0.15, 0.2) is 29.2 Å². The molecule has 0 bridgehead atoms. The van der Waals surface area contributed by atoms with Crippen molar-refractivity contribution < 1.29 is 18.3 Å². The molecule has 0 fully saturated rings. The molecule has 0 aliphatic heterocycles. The van der Waals surface area contributed by atoms with Crippen molar-refractivity contribution in [2.45, 2.75) is 11.8 Å². The van der Waals surface area contributed by atoms with Crippen molar-refractivity contribution in [3.63, 3.8) is 0 Å². The van der Waals surface area contributed by atoms with Crippen molar-refractivity contribution in [3.05, 3.63) is 40.5 Å². The number of halogens is 1. The molecule has 0 unspecified atom stereocenters. The number of aromatic nitrogens is 1. The van der Waals surface area contributed by atoms with E-state index in [1.54, 1.807) is 0 Å². The quantitative estimate of drug-likeness (QED) is 0.897. The van der Waals surface area contributed by atoms with Gasteiger partial charge < -0.3 is 5.11 Å². The third-order valence-corrected chi connectivity index (χ3v) is 5.03. The summed E-state index contributed by atoms with van der Waals surface area (Å²) in [6.07, 6.45) is 0. The highest BCUT2D eigenvalue weighted by Crippen LogP contribution is 2.27. The van der Waals surface area contributed by atoms with Gasteiger partial charge in [0, 0.05) is 5.02 Å². The minimum Gasteiger partial charge on any atom is -0.478 e. The van der Waals surface area contributed by atoms with Crippen LogP contribution in [0.2, 0.25) is 5.02 Å². The summed E-state index contributed by atoms with van der Waals surface area (Å²) in [5, 5.41) is 9.44. The van der Waals surface area contributed by atoms with Gasteiger partial charge in [0.2, 0.25) is 0 Å². The summed E-state index contributed by atoms with van der Waals surface area (Å²) < 4.78 is 30.3. The van der Waals surface area contributed by atoms with Crippen LogP contribution >= 0.6 is 23.1 Å². The van der Waals surface area contributed by atoms with Crippen LogP contribution in [0, 0.1) is 6.92 Å². The number of benzene rings is 1. The molecule has 2 aromatic rings. The molecule has 1 aromatic carbocycles. The maximum Gasteiger partial charge on any atom is 0.340 e. The predicted octanol–water partition coefficient (Wildman–Crippen LogP) is 2.60. The Morgan fingerprint density at radius 1 is 1.35 bits per heavy atom. The summed E-state index contributed by atoms with van der Waals surface area (Å²) in [6, 6.07) is 5.54. The number of nitrogens with one attached hydrogen (secondary N) is 1. The Hall–Kier alpha value is -1.64. The third kappa shape index (κ3) is 2.92. The zero-order valence-electron chi connectivity index (χ0n) is 10.1. The number of aromatic carboxylic acids is 1. The second-order valence-electron chi connectivity index (χ2n) is 3.84. The predicted molar refractivity (Wildman–Crippen MR) is 76.1 cm³/mol. The lowest BCUT2D eigenvalue weighted by atomic mass is 10.2. The van der Waals surface area contributed by atoms with Crippen LogP contribution in [0.4, 0.5) is 5.00 Å². The van der Waals surface area contributed by atoms with Gasteiger partial charge in [0.1, 0.15) is 10.6 Å². The Morgan fingerprint density at radius 2 is 1.95 bits per heavy atom. The lowest BCUT2D eigenvalue weighted by Gasteiger charge is -2.06. The minimum atomic E-state index is -3.87. The van der Waals surface area contributed by atoms with Gasteiger partial charge in [-0.1, -0.05) is 11.6 Å². The van der Waals surface area contributed by atoms with E-state index in [0.717, 1.165) is 11.5 Å². The molecular formula is C11H9ClN2O4S2. The molecule has 106 valence electrons. The number of sulfonamides is 1. The molecule has 1 heterocycles. The Bertz CT molecular complexity index is 753. The van der Waals surface area contributed by atoms with Crippen molar-refractivity contribution in [1.29, 1.82) is 0 Å². The van der Waals surface area contributed by atoms with Crippen LogP contribution in [-0.2, 0) is 10.0 Å². The summed E-state index contributed by atoms with van der Waals surface area (Å²) in [6.45, 7) is 1.50. The number of hydrogen-bond donors (Lipinski definition) is 2. The van der Waals surface area contributed by atoms with Gasteiger partial charge in [-0.3, -0.25) is 4.72 Å². The number of nitrogens with zero attached hydrogens (tertiary/aromatic N) is 1. The van der Waals surface area contributed by atoms with Gasteiger partial charge in [-0.2, -0.15) is 4.37 Å². The van der Waals surface area contributed by atoms with Gasteiger partial charge >= 0.3 is 5.97 Å². The standard InChI is InChI=1S/C11H9ClN2O4S2/c1-6-9(11(15)16)10(19-13-6)14-20(17,18)8-4-2-7(12)3-5-8/h2-5,14H,1H3,(H,15,16). The molecule has 1 aromatic heterocycles. The molecular weight excluding hydrogens is 324 g/mol. The maximum absolute atomic E-state index is 12.1. The number of hydrogen-bond acceptors (Lipinski definition) is 5. The van der Waals surface area contributed by atoms with Gasteiger partial charge in [0.25, 0.3) is 10.0 Å². The van der Waals surface area contributed by atoms with Crippen molar-refractivity contribution >= 4 is 44.1 Å². The lowest BCUT2D eigenvalue weighted by molar-refractivity contribution is 0.0697. The fourth-order valence-corrected chi connectivity index (χ4v) is 3.69. The number of carboxylic acid groups (broad SMARTS) is 1. The van der Waals surface area contributed by atoms with Crippen LogP contribution in [0.25, 0.3) is 0 Å².